The summed E-state index contributed by atoms with van der Waals surface area (Å²) < 4.78 is 5.52. The molecule has 0 spiro atoms. The Morgan fingerprint density at radius 2 is 1.89 bits per heavy atom. The van der Waals surface area contributed by atoms with E-state index in [0.717, 1.165) is 54.5 Å². The molecule has 2 aliphatic carbocycles. The van der Waals surface area contributed by atoms with Crippen LogP contribution in [0.5, 0.6) is 5.75 Å². The van der Waals surface area contributed by atoms with Crippen molar-refractivity contribution >= 4 is 40.3 Å². The van der Waals surface area contributed by atoms with E-state index in [1.54, 1.807) is 18.1 Å². The predicted octanol–water partition coefficient (Wildman–Crippen LogP) is 5.98. The van der Waals surface area contributed by atoms with Crippen LogP contribution in [0.1, 0.15) is 50.2 Å². The quantitative estimate of drug-likeness (QED) is 0.242. The number of rotatable bonds is 8. The first-order valence-corrected chi connectivity index (χ1v) is 15.4. The minimum absolute atomic E-state index is 0.129. The molecule has 2 saturated carbocycles. The molecule has 1 aromatic heterocycles. The highest BCUT2D eigenvalue weighted by Gasteiger charge is 2.77. The maximum Gasteiger partial charge on any atom is 0.241 e. The lowest BCUT2D eigenvalue weighted by Crippen LogP contribution is -2.49. The minimum Gasteiger partial charge on any atom is -0.494 e. The second-order valence-electron chi connectivity index (χ2n) is 10.5. The zero-order chi connectivity index (χ0) is 26.3. The van der Waals surface area contributed by atoms with Crippen molar-refractivity contribution in [3.63, 3.8) is 0 Å². The second kappa shape index (κ2) is 10.4. The molecule has 3 aromatic rings. The molecule has 0 radical (unpaired) electrons. The van der Waals surface area contributed by atoms with Crippen LogP contribution in [0.2, 0.25) is 0 Å². The fourth-order valence-corrected chi connectivity index (χ4v) is 9.86. The van der Waals surface area contributed by atoms with E-state index >= 15 is 0 Å². The number of amides is 1. The topological polar surface area (TPSA) is 67.4 Å². The van der Waals surface area contributed by atoms with Gasteiger partial charge in [-0.05, 0) is 75.4 Å². The van der Waals surface area contributed by atoms with Crippen molar-refractivity contribution in [2.24, 2.45) is 0 Å². The van der Waals surface area contributed by atoms with Gasteiger partial charge in [-0.3, -0.25) is 4.79 Å². The van der Waals surface area contributed by atoms with Crippen molar-refractivity contribution in [2.45, 2.75) is 70.7 Å². The smallest absolute Gasteiger partial charge is 0.241 e. The van der Waals surface area contributed by atoms with E-state index in [-0.39, 0.29) is 15.4 Å². The van der Waals surface area contributed by atoms with E-state index in [1.807, 2.05) is 32.4 Å². The van der Waals surface area contributed by atoms with Crippen molar-refractivity contribution in [1.29, 1.82) is 0 Å². The van der Waals surface area contributed by atoms with Gasteiger partial charge in [0.15, 0.2) is 0 Å². The van der Waals surface area contributed by atoms with Crippen LogP contribution in [-0.2, 0) is 14.8 Å². The first-order chi connectivity index (χ1) is 18.5. The number of aromatic nitrogens is 2. The van der Waals surface area contributed by atoms with Crippen LogP contribution in [-0.4, -0.2) is 51.3 Å². The van der Waals surface area contributed by atoms with Crippen LogP contribution < -0.4 is 10.1 Å². The van der Waals surface area contributed by atoms with Crippen molar-refractivity contribution in [1.82, 2.24) is 20.2 Å². The Morgan fingerprint density at radius 1 is 1.13 bits per heavy atom. The number of nitrogens with one attached hydrogen (secondary N) is 1. The standard InChI is InChI=1S/C30H33IN4O2S/c1-3-37-26-13-8-20(22-15-33-19-34-16-22)14-21(26)17-35(24-11-9-23(32-2)10-12-24)28(36)30-18-29(30,31)25-6-4-5-7-27(25)38-30/h4-8,13-16,19,23-24,32H,3,9-12,17-18H2,1-2H3. The lowest BCUT2D eigenvalue weighted by molar-refractivity contribution is -0.135. The summed E-state index contributed by atoms with van der Waals surface area (Å²) in [5.74, 6) is 1.11. The number of nitrogens with zero attached hydrogens (tertiary/aromatic N) is 3. The van der Waals surface area contributed by atoms with Gasteiger partial charge in [0.25, 0.3) is 0 Å². The molecule has 1 amide bonds. The summed E-state index contributed by atoms with van der Waals surface area (Å²) in [5.41, 5.74) is 4.34. The number of halogens is 1. The molecule has 2 fully saturated rings. The summed E-state index contributed by atoms with van der Waals surface area (Å²) in [6.45, 7) is 3.12. The molecule has 6 nitrogen and oxygen atoms in total. The Bertz CT molecular complexity index is 1330. The molecule has 6 rings (SSSR count). The van der Waals surface area contributed by atoms with E-state index in [2.05, 4.69) is 79.2 Å². The first-order valence-electron chi connectivity index (χ1n) is 13.5. The molecule has 0 bridgehead atoms. The molecule has 2 unspecified atom stereocenters. The molecule has 2 aromatic carbocycles. The second-order valence-corrected chi connectivity index (χ2v) is 13.7. The van der Waals surface area contributed by atoms with Gasteiger partial charge in [0.2, 0.25) is 5.91 Å². The third-order valence-corrected chi connectivity index (χ3v) is 12.2. The maximum absolute atomic E-state index is 14.7. The van der Waals surface area contributed by atoms with Crippen LogP contribution in [0.25, 0.3) is 11.1 Å². The third-order valence-electron chi connectivity index (χ3n) is 8.35. The van der Waals surface area contributed by atoms with E-state index < -0.39 is 4.75 Å². The zero-order valence-corrected chi connectivity index (χ0v) is 24.8. The van der Waals surface area contributed by atoms with Crippen molar-refractivity contribution < 1.29 is 9.53 Å². The van der Waals surface area contributed by atoms with Gasteiger partial charge in [-0.25, -0.2) is 9.97 Å². The summed E-state index contributed by atoms with van der Waals surface area (Å²) in [5, 5.41) is 3.44. The van der Waals surface area contributed by atoms with Gasteiger partial charge in [0.05, 0.1) is 10.0 Å². The molecule has 2 heterocycles. The fraction of sp³-hybridized carbons (Fsp3) is 0.433. The van der Waals surface area contributed by atoms with Crippen LogP contribution in [0.4, 0.5) is 0 Å². The number of hydrogen-bond acceptors (Lipinski definition) is 6. The monoisotopic (exact) mass is 640 g/mol. The summed E-state index contributed by atoms with van der Waals surface area (Å²) in [6.07, 6.45) is 10.3. The lowest BCUT2D eigenvalue weighted by atomic mass is 9.89. The number of fused-ring (bicyclic) bond motifs is 3. The number of carbonyl (C=O) groups is 1. The van der Waals surface area contributed by atoms with E-state index in [1.165, 1.54) is 10.5 Å². The number of benzene rings is 2. The first kappa shape index (κ1) is 26.1. The molecule has 0 saturated heterocycles. The van der Waals surface area contributed by atoms with Crippen LogP contribution in [0.15, 0.2) is 66.1 Å². The Morgan fingerprint density at radius 3 is 2.61 bits per heavy atom. The SMILES string of the molecule is CCOc1ccc(-c2cncnc2)cc1CN(C(=O)C12CC1(I)c1ccccc1S2)C1CCC(NC)CC1. The van der Waals surface area contributed by atoms with Crippen LogP contribution in [0.3, 0.4) is 0 Å². The van der Waals surface area contributed by atoms with E-state index in [0.29, 0.717) is 19.2 Å². The summed E-state index contributed by atoms with van der Waals surface area (Å²) in [7, 11) is 2.04. The van der Waals surface area contributed by atoms with Crippen LogP contribution >= 0.6 is 34.4 Å². The molecular formula is C30H33IN4O2S. The Labute approximate surface area is 242 Å². The Balaban J connectivity index is 1.36. The lowest BCUT2D eigenvalue weighted by Gasteiger charge is -2.39. The normalized spacial score (nSPS) is 27.3. The largest absolute Gasteiger partial charge is 0.494 e. The molecule has 38 heavy (non-hydrogen) atoms. The molecule has 2 atom stereocenters. The number of carbonyl (C=O) groups excluding carboxylic acids is 1. The highest BCUT2D eigenvalue weighted by atomic mass is 127. The highest BCUT2D eigenvalue weighted by Crippen LogP contribution is 2.77. The van der Waals surface area contributed by atoms with E-state index in [9.17, 15) is 4.79 Å². The number of ether oxygens (including phenoxy) is 1. The Kier molecular flexibility index (Phi) is 7.15. The summed E-state index contributed by atoms with van der Waals surface area (Å²) in [4.78, 5) is 26.5. The summed E-state index contributed by atoms with van der Waals surface area (Å²) >= 11 is 4.34. The Hall–Kier alpha value is -2.17. The highest BCUT2D eigenvalue weighted by molar-refractivity contribution is 14.1. The van der Waals surface area contributed by atoms with Crippen molar-refractivity contribution in [2.75, 3.05) is 13.7 Å². The van der Waals surface area contributed by atoms with Gasteiger partial charge < -0.3 is 15.0 Å². The average Bonchev–Trinajstić information content (AvgIpc) is 3.49. The van der Waals surface area contributed by atoms with Crippen molar-refractivity contribution in [3.8, 4) is 16.9 Å². The molecule has 198 valence electrons. The molecular weight excluding hydrogens is 607 g/mol. The van der Waals surface area contributed by atoms with Gasteiger partial charge in [0.1, 0.15) is 16.8 Å². The fourth-order valence-electron chi connectivity index (χ4n) is 6.17. The van der Waals surface area contributed by atoms with E-state index in [4.69, 9.17) is 4.74 Å². The minimum atomic E-state index is -0.423. The number of hydrogen-bond donors (Lipinski definition) is 1. The van der Waals surface area contributed by atoms with Gasteiger partial charge in [-0.15, -0.1) is 11.8 Å². The van der Waals surface area contributed by atoms with Gasteiger partial charge in [-0.1, -0.05) is 46.9 Å². The number of thioether (sulfide) groups is 1. The molecule has 3 aliphatic rings. The average molecular weight is 641 g/mol. The zero-order valence-electron chi connectivity index (χ0n) is 21.8. The van der Waals surface area contributed by atoms with Crippen molar-refractivity contribution in [3.05, 3.63) is 72.3 Å². The van der Waals surface area contributed by atoms with Gasteiger partial charge in [0, 0.05) is 47.0 Å². The van der Waals surface area contributed by atoms with Gasteiger partial charge in [-0.2, -0.15) is 0 Å². The third kappa shape index (κ3) is 4.42. The predicted molar refractivity (Wildman–Crippen MR) is 160 cm³/mol. The molecule has 8 heteroatoms. The number of alkyl halides is 1. The molecule has 1 N–H and O–H groups in total. The van der Waals surface area contributed by atoms with Gasteiger partial charge >= 0.3 is 0 Å². The summed E-state index contributed by atoms with van der Waals surface area (Å²) in [6, 6.07) is 15.5. The molecule has 1 aliphatic heterocycles. The van der Waals surface area contributed by atoms with Crippen LogP contribution in [0, 0.1) is 0 Å². The maximum atomic E-state index is 14.7.